The number of nitrogens with zero attached hydrogens (tertiary/aromatic N) is 2. The van der Waals surface area contributed by atoms with E-state index >= 15 is 0 Å². The normalized spacial score (nSPS) is 11.3. The molecule has 0 spiro atoms. The van der Waals surface area contributed by atoms with Gasteiger partial charge in [-0.1, -0.05) is 13.8 Å². The number of aliphatic hydroxyl groups is 1. The molecule has 2 aromatic rings. The summed E-state index contributed by atoms with van der Waals surface area (Å²) in [7, 11) is 0. The van der Waals surface area contributed by atoms with E-state index in [0.29, 0.717) is 18.5 Å². The van der Waals surface area contributed by atoms with Gasteiger partial charge in [-0.05, 0) is 43.2 Å². The minimum absolute atomic E-state index is 0.204. The minimum atomic E-state index is -0.874. The number of hydrogen-bond donors (Lipinski definition) is 3. The van der Waals surface area contributed by atoms with Crippen LogP contribution in [0.5, 0.6) is 0 Å². The molecule has 7 heteroatoms. The largest absolute Gasteiger partial charge is 0.388 e. The van der Waals surface area contributed by atoms with Crippen molar-refractivity contribution in [3.63, 3.8) is 0 Å². The van der Waals surface area contributed by atoms with Crippen LogP contribution < -0.4 is 10.6 Å². The molecule has 1 heterocycles. The summed E-state index contributed by atoms with van der Waals surface area (Å²) in [6.45, 7) is 4.23. The fourth-order valence-corrected chi connectivity index (χ4v) is 2.17. The van der Waals surface area contributed by atoms with Crippen LogP contribution in [0.15, 0.2) is 36.5 Å². The van der Waals surface area contributed by atoms with Crippen LogP contribution in [0.3, 0.4) is 0 Å². The minimum Gasteiger partial charge on any atom is -0.388 e. The van der Waals surface area contributed by atoms with E-state index in [1.54, 1.807) is 29.1 Å². The van der Waals surface area contributed by atoms with E-state index in [1.165, 1.54) is 12.1 Å². The lowest BCUT2D eigenvalue weighted by atomic mass is 9.98. The summed E-state index contributed by atoms with van der Waals surface area (Å²) in [5, 5.41) is 19.8. The van der Waals surface area contributed by atoms with Crippen molar-refractivity contribution in [1.82, 2.24) is 20.4 Å². The first-order valence-corrected chi connectivity index (χ1v) is 8.00. The smallest absolute Gasteiger partial charge is 0.315 e. The summed E-state index contributed by atoms with van der Waals surface area (Å²) < 4.78 is 14.5. The molecular weight excluding hydrogens is 311 g/mol. The molecule has 2 rings (SSSR count). The number of amides is 2. The predicted octanol–water partition coefficient (Wildman–Crippen LogP) is 2.36. The lowest BCUT2D eigenvalue weighted by Crippen LogP contribution is -2.45. The van der Waals surface area contributed by atoms with Gasteiger partial charge < -0.3 is 15.7 Å². The van der Waals surface area contributed by atoms with Crippen molar-refractivity contribution in [1.29, 1.82) is 0 Å². The van der Waals surface area contributed by atoms with Gasteiger partial charge in [0, 0.05) is 12.7 Å². The number of rotatable bonds is 7. The average Bonchev–Trinajstić information content (AvgIpc) is 3.07. The van der Waals surface area contributed by atoms with Gasteiger partial charge in [0.05, 0.1) is 23.5 Å². The van der Waals surface area contributed by atoms with Gasteiger partial charge in [0.2, 0.25) is 0 Å². The van der Waals surface area contributed by atoms with Crippen molar-refractivity contribution in [2.45, 2.75) is 38.8 Å². The van der Waals surface area contributed by atoms with Crippen molar-refractivity contribution in [3.8, 4) is 5.69 Å². The Labute approximate surface area is 140 Å². The Morgan fingerprint density at radius 2 is 1.88 bits per heavy atom. The summed E-state index contributed by atoms with van der Waals surface area (Å²) in [5.74, 6) is -0.302. The monoisotopic (exact) mass is 334 g/mol. The average molecular weight is 334 g/mol. The SMILES string of the molecule is CCC(O)(CC)CNC(=O)NCc1ccn(-c2ccc(F)cc2)n1. The number of urea groups is 1. The zero-order valence-electron chi connectivity index (χ0n) is 13.9. The molecule has 2 amide bonds. The molecule has 0 radical (unpaired) electrons. The first-order valence-electron chi connectivity index (χ1n) is 8.00. The fraction of sp³-hybridized carbons (Fsp3) is 0.412. The van der Waals surface area contributed by atoms with Gasteiger partial charge in [0.15, 0.2) is 0 Å². The Kier molecular flexibility index (Phi) is 5.92. The van der Waals surface area contributed by atoms with Crippen LogP contribution in [0.2, 0.25) is 0 Å². The standard InChI is InChI=1S/C17H23FN4O2/c1-3-17(24,4-2)12-20-16(23)19-11-14-9-10-22(21-14)15-7-5-13(18)6-8-15/h5-10,24H,3-4,11-12H2,1-2H3,(H2,19,20,23). The Morgan fingerprint density at radius 1 is 1.21 bits per heavy atom. The molecule has 0 bridgehead atoms. The molecule has 3 N–H and O–H groups in total. The highest BCUT2D eigenvalue weighted by atomic mass is 19.1. The van der Waals surface area contributed by atoms with Crippen LogP contribution in [-0.4, -0.2) is 33.1 Å². The molecule has 0 atom stereocenters. The maximum atomic E-state index is 12.9. The van der Waals surface area contributed by atoms with E-state index in [9.17, 15) is 14.3 Å². The van der Waals surface area contributed by atoms with Crippen molar-refractivity contribution in [2.24, 2.45) is 0 Å². The second-order valence-corrected chi connectivity index (χ2v) is 5.70. The maximum Gasteiger partial charge on any atom is 0.315 e. The van der Waals surface area contributed by atoms with Crippen molar-refractivity contribution in [3.05, 3.63) is 48.0 Å². The second kappa shape index (κ2) is 7.92. The molecular formula is C17H23FN4O2. The van der Waals surface area contributed by atoms with Crippen molar-refractivity contribution < 1.29 is 14.3 Å². The van der Waals surface area contributed by atoms with Gasteiger partial charge in [-0.3, -0.25) is 0 Å². The van der Waals surface area contributed by atoms with E-state index in [2.05, 4.69) is 15.7 Å². The number of nitrogens with one attached hydrogen (secondary N) is 2. The molecule has 0 aliphatic rings. The first kappa shape index (κ1) is 17.9. The second-order valence-electron chi connectivity index (χ2n) is 5.70. The maximum absolute atomic E-state index is 12.9. The van der Waals surface area contributed by atoms with Gasteiger partial charge in [-0.15, -0.1) is 0 Å². The Balaban J connectivity index is 1.84. The Bertz CT molecular complexity index is 665. The number of benzene rings is 1. The third-order valence-electron chi connectivity index (χ3n) is 4.06. The van der Waals surface area contributed by atoms with E-state index in [0.717, 1.165) is 5.69 Å². The van der Waals surface area contributed by atoms with Gasteiger partial charge in [-0.25, -0.2) is 13.9 Å². The summed E-state index contributed by atoms with van der Waals surface area (Å²) in [4.78, 5) is 11.8. The topological polar surface area (TPSA) is 79.2 Å². The van der Waals surface area contributed by atoms with Crippen LogP contribution in [0.1, 0.15) is 32.4 Å². The molecule has 0 fully saturated rings. The van der Waals surface area contributed by atoms with Crippen molar-refractivity contribution in [2.75, 3.05) is 6.54 Å². The zero-order chi connectivity index (χ0) is 17.6. The van der Waals surface area contributed by atoms with E-state index in [4.69, 9.17) is 0 Å². The Hall–Kier alpha value is -2.41. The molecule has 0 aliphatic carbocycles. The number of aromatic nitrogens is 2. The highest BCUT2D eigenvalue weighted by Crippen LogP contribution is 2.12. The fourth-order valence-electron chi connectivity index (χ4n) is 2.17. The predicted molar refractivity (Wildman–Crippen MR) is 89.3 cm³/mol. The quantitative estimate of drug-likeness (QED) is 0.727. The zero-order valence-corrected chi connectivity index (χ0v) is 13.9. The van der Waals surface area contributed by atoms with Crippen LogP contribution in [-0.2, 0) is 6.54 Å². The lowest BCUT2D eigenvalue weighted by Gasteiger charge is -2.25. The molecule has 0 aliphatic heterocycles. The molecule has 0 saturated carbocycles. The van der Waals surface area contributed by atoms with Crippen molar-refractivity contribution >= 4 is 6.03 Å². The third-order valence-corrected chi connectivity index (χ3v) is 4.06. The number of hydrogen-bond acceptors (Lipinski definition) is 3. The van der Waals surface area contributed by atoms with Crippen LogP contribution >= 0.6 is 0 Å². The first-order chi connectivity index (χ1) is 11.5. The third kappa shape index (κ3) is 4.79. The molecule has 0 saturated heterocycles. The van der Waals surface area contributed by atoms with Crippen LogP contribution in [0, 0.1) is 5.82 Å². The highest BCUT2D eigenvalue weighted by Gasteiger charge is 2.22. The van der Waals surface area contributed by atoms with E-state index in [1.807, 2.05) is 13.8 Å². The van der Waals surface area contributed by atoms with E-state index in [-0.39, 0.29) is 24.9 Å². The van der Waals surface area contributed by atoms with Gasteiger partial charge in [-0.2, -0.15) is 5.10 Å². The van der Waals surface area contributed by atoms with Gasteiger partial charge >= 0.3 is 6.03 Å². The summed E-state index contributed by atoms with van der Waals surface area (Å²) >= 11 is 0. The number of halogens is 1. The van der Waals surface area contributed by atoms with Crippen LogP contribution in [0.25, 0.3) is 5.69 Å². The molecule has 1 aromatic carbocycles. The molecule has 0 unspecified atom stereocenters. The van der Waals surface area contributed by atoms with E-state index < -0.39 is 5.60 Å². The summed E-state index contributed by atoms with van der Waals surface area (Å²) in [6.07, 6.45) is 2.90. The molecule has 1 aromatic heterocycles. The lowest BCUT2D eigenvalue weighted by molar-refractivity contribution is 0.0349. The Morgan fingerprint density at radius 3 is 2.50 bits per heavy atom. The molecule has 6 nitrogen and oxygen atoms in total. The molecule has 24 heavy (non-hydrogen) atoms. The highest BCUT2D eigenvalue weighted by molar-refractivity contribution is 5.73. The summed E-state index contributed by atoms with van der Waals surface area (Å²) in [5.41, 5.74) is 0.542. The number of carbonyl (C=O) groups excluding carboxylic acids is 1. The van der Waals surface area contributed by atoms with Gasteiger partial charge in [0.1, 0.15) is 5.82 Å². The van der Waals surface area contributed by atoms with Gasteiger partial charge in [0.25, 0.3) is 0 Å². The van der Waals surface area contributed by atoms with Crippen LogP contribution in [0.4, 0.5) is 9.18 Å². The number of carbonyl (C=O) groups is 1. The summed E-state index contributed by atoms with van der Waals surface area (Å²) in [6, 6.07) is 7.41. The molecule has 130 valence electrons.